The fraction of sp³-hybridized carbons (Fsp3) is 0.133. The molecule has 1 aromatic carbocycles. The minimum atomic E-state index is -0.891. The van der Waals surface area contributed by atoms with Crippen molar-refractivity contribution in [1.82, 2.24) is 4.98 Å². The van der Waals surface area contributed by atoms with Crippen LogP contribution >= 0.6 is 11.6 Å². The number of anilines is 1. The lowest BCUT2D eigenvalue weighted by atomic mass is 10.2. The maximum Gasteiger partial charge on any atom is 0.338 e. The van der Waals surface area contributed by atoms with Crippen molar-refractivity contribution in [2.45, 2.75) is 0 Å². The van der Waals surface area contributed by atoms with Crippen LogP contribution in [-0.4, -0.2) is 35.5 Å². The van der Waals surface area contributed by atoms with Crippen LogP contribution in [-0.2, 0) is 9.53 Å². The van der Waals surface area contributed by atoms with Gasteiger partial charge in [-0.05, 0) is 24.3 Å². The molecule has 0 radical (unpaired) electrons. The summed E-state index contributed by atoms with van der Waals surface area (Å²) in [6, 6.07) is 6.68. The number of amides is 1. The topological polar surface area (TPSA) is 121 Å². The number of pyridine rings is 1. The molecule has 2 aromatic rings. The summed E-state index contributed by atoms with van der Waals surface area (Å²) in [6.07, 6.45) is 1.45. The van der Waals surface area contributed by atoms with E-state index in [1.165, 1.54) is 31.5 Å². The Kier molecular flexibility index (Phi) is 5.85. The zero-order chi connectivity index (χ0) is 18.4. The summed E-state index contributed by atoms with van der Waals surface area (Å²) < 4.78 is 9.67. The van der Waals surface area contributed by atoms with Gasteiger partial charge in [0.2, 0.25) is 0 Å². The number of nitrogens with zero attached hydrogens (tertiary/aromatic N) is 2. The fourth-order valence-corrected chi connectivity index (χ4v) is 2.01. The molecule has 0 saturated heterocycles. The molecule has 0 spiro atoms. The van der Waals surface area contributed by atoms with Crippen LogP contribution in [0.2, 0.25) is 5.15 Å². The second-order valence-electron chi connectivity index (χ2n) is 4.61. The lowest BCUT2D eigenvalue weighted by Crippen LogP contribution is -2.21. The second-order valence-corrected chi connectivity index (χ2v) is 4.97. The van der Waals surface area contributed by atoms with Crippen molar-refractivity contribution in [3.8, 4) is 5.75 Å². The monoisotopic (exact) mass is 365 g/mol. The molecular weight excluding hydrogens is 354 g/mol. The van der Waals surface area contributed by atoms with Crippen LogP contribution in [0.25, 0.3) is 0 Å². The number of rotatable bonds is 6. The highest BCUT2D eigenvalue weighted by atomic mass is 35.5. The summed E-state index contributed by atoms with van der Waals surface area (Å²) in [4.78, 5) is 37.8. The Hall–Kier alpha value is -3.20. The van der Waals surface area contributed by atoms with Gasteiger partial charge in [-0.3, -0.25) is 14.9 Å². The predicted octanol–water partition coefficient (Wildman–Crippen LogP) is 2.45. The van der Waals surface area contributed by atoms with Crippen molar-refractivity contribution < 1.29 is 24.0 Å². The minimum Gasteiger partial charge on any atom is -0.490 e. The largest absolute Gasteiger partial charge is 0.490 e. The Morgan fingerprint density at radius 1 is 1.36 bits per heavy atom. The molecular formula is C15H12ClN3O6. The number of methoxy groups -OCH3 is 1. The number of esters is 1. The standard InChI is InChI=1S/C15H12ClN3O6/c1-24-12-5-4-9(7-11(12)19(22)23)15(21)25-8-13(20)18-10-3-2-6-17-14(10)16/h2-7H,8H2,1H3,(H,18,20). The minimum absolute atomic E-state index is 0.00510. The van der Waals surface area contributed by atoms with Crippen LogP contribution in [0.5, 0.6) is 5.75 Å². The zero-order valence-corrected chi connectivity index (χ0v) is 13.6. The number of nitrogens with one attached hydrogen (secondary N) is 1. The molecule has 0 aliphatic rings. The van der Waals surface area contributed by atoms with E-state index in [-0.39, 0.29) is 27.8 Å². The molecule has 1 N–H and O–H groups in total. The summed E-state index contributed by atoms with van der Waals surface area (Å²) >= 11 is 5.79. The van der Waals surface area contributed by atoms with Gasteiger partial charge < -0.3 is 14.8 Å². The molecule has 1 heterocycles. The van der Waals surface area contributed by atoms with E-state index in [0.29, 0.717) is 0 Å². The fourth-order valence-electron chi connectivity index (χ4n) is 1.84. The number of nitro benzene ring substituents is 1. The maximum atomic E-state index is 11.9. The summed E-state index contributed by atoms with van der Waals surface area (Å²) in [7, 11) is 1.27. The third-order valence-electron chi connectivity index (χ3n) is 2.98. The average Bonchev–Trinajstić information content (AvgIpc) is 2.61. The van der Waals surface area contributed by atoms with Crippen molar-refractivity contribution in [3.63, 3.8) is 0 Å². The number of benzene rings is 1. The van der Waals surface area contributed by atoms with Gasteiger partial charge in [0, 0.05) is 12.3 Å². The van der Waals surface area contributed by atoms with Gasteiger partial charge in [0.1, 0.15) is 0 Å². The van der Waals surface area contributed by atoms with E-state index in [9.17, 15) is 19.7 Å². The number of aromatic nitrogens is 1. The molecule has 0 aliphatic heterocycles. The highest BCUT2D eigenvalue weighted by molar-refractivity contribution is 6.32. The molecule has 0 aliphatic carbocycles. The summed E-state index contributed by atoms with van der Waals surface area (Å²) in [5, 5.41) is 13.5. The summed E-state index contributed by atoms with van der Waals surface area (Å²) in [6.45, 7) is -0.593. The lowest BCUT2D eigenvalue weighted by molar-refractivity contribution is -0.385. The van der Waals surface area contributed by atoms with Gasteiger partial charge in [-0.25, -0.2) is 9.78 Å². The van der Waals surface area contributed by atoms with Crippen LogP contribution in [0.4, 0.5) is 11.4 Å². The Balaban J connectivity index is 2.00. The SMILES string of the molecule is COc1ccc(C(=O)OCC(=O)Nc2cccnc2Cl)cc1[N+](=O)[O-]. The van der Waals surface area contributed by atoms with Gasteiger partial charge in [-0.1, -0.05) is 11.6 Å². The Morgan fingerprint density at radius 2 is 2.12 bits per heavy atom. The van der Waals surface area contributed by atoms with Crippen LogP contribution in [0.3, 0.4) is 0 Å². The Labute approximate surface area is 146 Å². The molecule has 0 atom stereocenters. The quantitative estimate of drug-likeness (QED) is 0.361. The van der Waals surface area contributed by atoms with Gasteiger partial charge in [-0.2, -0.15) is 0 Å². The van der Waals surface area contributed by atoms with Crippen molar-refractivity contribution in [2.75, 3.05) is 19.0 Å². The molecule has 1 aromatic heterocycles. The first-order chi connectivity index (χ1) is 11.9. The third kappa shape index (κ3) is 4.64. The number of carbonyl (C=O) groups excluding carboxylic acids is 2. The van der Waals surface area contributed by atoms with Crippen molar-refractivity contribution in [3.05, 3.63) is 57.4 Å². The van der Waals surface area contributed by atoms with Gasteiger partial charge in [0.25, 0.3) is 5.91 Å². The number of hydrogen-bond donors (Lipinski definition) is 1. The second kappa shape index (κ2) is 8.06. The van der Waals surface area contributed by atoms with Gasteiger partial charge in [0.05, 0.1) is 23.3 Å². The first-order valence-corrected chi connectivity index (χ1v) is 7.20. The molecule has 9 nitrogen and oxygen atoms in total. The molecule has 0 bridgehead atoms. The normalized spacial score (nSPS) is 10.0. The molecule has 1 amide bonds. The number of halogens is 1. The van der Waals surface area contributed by atoms with Crippen molar-refractivity contribution in [2.24, 2.45) is 0 Å². The van der Waals surface area contributed by atoms with E-state index in [2.05, 4.69) is 10.3 Å². The van der Waals surface area contributed by atoms with Crippen LogP contribution in [0.1, 0.15) is 10.4 Å². The van der Waals surface area contributed by atoms with Gasteiger partial charge in [-0.15, -0.1) is 0 Å². The highest BCUT2D eigenvalue weighted by Gasteiger charge is 2.19. The lowest BCUT2D eigenvalue weighted by Gasteiger charge is -2.08. The highest BCUT2D eigenvalue weighted by Crippen LogP contribution is 2.27. The molecule has 0 saturated carbocycles. The number of carbonyl (C=O) groups is 2. The first-order valence-electron chi connectivity index (χ1n) is 6.82. The van der Waals surface area contributed by atoms with Crippen LogP contribution < -0.4 is 10.1 Å². The van der Waals surface area contributed by atoms with E-state index >= 15 is 0 Å². The van der Waals surface area contributed by atoms with Crippen molar-refractivity contribution in [1.29, 1.82) is 0 Å². The van der Waals surface area contributed by atoms with E-state index in [0.717, 1.165) is 6.07 Å². The van der Waals surface area contributed by atoms with Gasteiger partial charge >= 0.3 is 11.7 Å². The molecule has 0 unspecified atom stereocenters. The Morgan fingerprint density at radius 3 is 2.76 bits per heavy atom. The molecule has 2 rings (SSSR count). The average molecular weight is 366 g/mol. The zero-order valence-electron chi connectivity index (χ0n) is 12.9. The number of nitro groups is 1. The molecule has 25 heavy (non-hydrogen) atoms. The van der Waals surface area contributed by atoms with Crippen LogP contribution in [0, 0.1) is 10.1 Å². The van der Waals surface area contributed by atoms with Gasteiger partial charge in [0.15, 0.2) is 17.5 Å². The van der Waals surface area contributed by atoms with E-state index in [1.807, 2.05) is 0 Å². The van der Waals surface area contributed by atoms with E-state index in [4.69, 9.17) is 21.1 Å². The molecule has 0 fully saturated rings. The third-order valence-corrected chi connectivity index (χ3v) is 3.28. The van der Waals surface area contributed by atoms with E-state index in [1.54, 1.807) is 6.07 Å². The smallest absolute Gasteiger partial charge is 0.338 e. The first kappa shape index (κ1) is 18.1. The Bertz CT molecular complexity index is 827. The summed E-state index contributed by atoms with van der Waals surface area (Å²) in [5.41, 5.74) is -0.200. The predicted molar refractivity (Wildman–Crippen MR) is 87.8 cm³/mol. The maximum absolute atomic E-state index is 11.9. The summed E-state index contributed by atoms with van der Waals surface area (Å²) in [5.74, 6) is -1.52. The van der Waals surface area contributed by atoms with Crippen LogP contribution in [0.15, 0.2) is 36.5 Å². The van der Waals surface area contributed by atoms with E-state index < -0.39 is 23.4 Å². The number of hydrogen-bond acceptors (Lipinski definition) is 7. The number of ether oxygens (including phenoxy) is 2. The molecule has 130 valence electrons. The molecule has 10 heteroatoms. The van der Waals surface area contributed by atoms with Crippen molar-refractivity contribution >= 4 is 34.9 Å².